The first kappa shape index (κ1) is 12.5. The lowest BCUT2D eigenvalue weighted by Gasteiger charge is -2.12. The van der Waals surface area contributed by atoms with Gasteiger partial charge in [-0.15, -0.1) is 0 Å². The van der Waals surface area contributed by atoms with Gasteiger partial charge in [0.1, 0.15) is 0 Å². The third-order valence-corrected chi connectivity index (χ3v) is 2.80. The van der Waals surface area contributed by atoms with Gasteiger partial charge in [-0.25, -0.2) is 0 Å². The first-order chi connectivity index (χ1) is 8.66. The fourth-order valence-corrected chi connectivity index (χ4v) is 1.74. The zero-order chi connectivity index (χ0) is 13.0. The van der Waals surface area contributed by atoms with Crippen LogP contribution in [0, 0.1) is 0 Å². The summed E-state index contributed by atoms with van der Waals surface area (Å²) in [7, 11) is 0. The molecule has 0 aliphatic carbocycles. The molecule has 0 atom stereocenters. The Hall–Kier alpha value is -2.00. The standard InChI is InChI=1S/C14H12ClNO2/c15-11-7-5-10(6-8-11)9-16-13-4-2-1-3-12(13)14(17)18/h1-8,16H,9H2,(H,17,18)/p-1. The predicted molar refractivity (Wildman–Crippen MR) is 69.6 cm³/mol. The number of rotatable bonds is 4. The number of para-hydroxylation sites is 1. The second-order valence-corrected chi connectivity index (χ2v) is 4.25. The number of halogens is 1. The minimum absolute atomic E-state index is 0.159. The number of nitrogens with one attached hydrogen (secondary N) is 1. The van der Waals surface area contributed by atoms with Crippen molar-refractivity contribution in [2.75, 3.05) is 5.32 Å². The van der Waals surface area contributed by atoms with Crippen LogP contribution in [0.25, 0.3) is 0 Å². The Morgan fingerprint density at radius 1 is 1.11 bits per heavy atom. The summed E-state index contributed by atoms with van der Waals surface area (Å²) >= 11 is 5.79. The molecule has 0 spiro atoms. The first-order valence-electron chi connectivity index (χ1n) is 5.45. The number of carboxylic acids is 1. The van der Waals surface area contributed by atoms with E-state index in [9.17, 15) is 9.90 Å². The number of carboxylic acid groups (broad SMARTS) is 1. The molecule has 1 N–H and O–H groups in total. The molecule has 0 bridgehead atoms. The molecule has 2 rings (SSSR count). The molecule has 0 saturated heterocycles. The van der Waals surface area contributed by atoms with Crippen LogP contribution in [0.4, 0.5) is 5.69 Å². The van der Waals surface area contributed by atoms with E-state index in [1.165, 1.54) is 6.07 Å². The van der Waals surface area contributed by atoms with E-state index in [2.05, 4.69) is 5.32 Å². The summed E-state index contributed by atoms with van der Waals surface area (Å²) in [5, 5.41) is 14.7. The zero-order valence-corrected chi connectivity index (χ0v) is 10.3. The van der Waals surface area contributed by atoms with E-state index in [1.807, 2.05) is 12.1 Å². The van der Waals surface area contributed by atoms with Crippen molar-refractivity contribution in [1.29, 1.82) is 0 Å². The third kappa shape index (κ3) is 3.02. The number of benzene rings is 2. The number of carbonyl (C=O) groups excluding carboxylic acids is 1. The van der Waals surface area contributed by atoms with Crippen LogP contribution < -0.4 is 10.4 Å². The molecule has 92 valence electrons. The highest BCUT2D eigenvalue weighted by Gasteiger charge is 2.01. The van der Waals surface area contributed by atoms with E-state index in [0.29, 0.717) is 17.3 Å². The lowest BCUT2D eigenvalue weighted by molar-refractivity contribution is -0.254. The highest BCUT2D eigenvalue weighted by Crippen LogP contribution is 2.16. The van der Waals surface area contributed by atoms with Gasteiger partial charge in [0.05, 0.1) is 5.97 Å². The lowest BCUT2D eigenvalue weighted by Crippen LogP contribution is -2.23. The summed E-state index contributed by atoms with van der Waals surface area (Å²) in [6.07, 6.45) is 0. The summed E-state index contributed by atoms with van der Waals surface area (Å²) < 4.78 is 0. The fourth-order valence-electron chi connectivity index (χ4n) is 1.61. The Kier molecular flexibility index (Phi) is 3.85. The third-order valence-electron chi connectivity index (χ3n) is 2.54. The van der Waals surface area contributed by atoms with E-state index >= 15 is 0 Å². The number of hydrogen-bond acceptors (Lipinski definition) is 3. The normalized spacial score (nSPS) is 10.1. The Balaban J connectivity index is 2.10. The monoisotopic (exact) mass is 260 g/mol. The van der Waals surface area contributed by atoms with E-state index in [1.54, 1.807) is 30.3 Å². The van der Waals surface area contributed by atoms with Crippen molar-refractivity contribution in [2.24, 2.45) is 0 Å². The van der Waals surface area contributed by atoms with Crippen molar-refractivity contribution in [2.45, 2.75) is 6.54 Å². The molecule has 0 heterocycles. The Morgan fingerprint density at radius 2 is 1.78 bits per heavy atom. The molecule has 3 nitrogen and oxygen atoms in total. The molecule has 0 amide bonds. The van der Waals surface area contributed by atoms with Gasteiger partial charge in [0.2, 0.25) is 0 Å². The molecule has 4 heteroatoms. The van der Waals surface area contributed by atoms with Crippen molar-refractivity contribution in [3.63, 3.8) is 0 Å². The van der Waals surface area contributed by atoms with Crippen molar-refractivity contribution < 1.29 is 9.90 Å². The molecule has 0 fully saturated rings. The Morgan fingerprint density at radius 3 is 2.44 bits per heavy atom. The fraction of sp³-hybridized carbons (Fsp3) is 0.0714. The van der Waals surface area contributed by atoms with Crippen LogP contribution in [0.1, 0.15) is 15.9 Å². The van der Waals surface area contributed by atoms with Crippen LogP contribution in [-0.2, 0) is 6.54 Å². The molecule has 18 heavy (non-hydrogen) atoms. The van der Waals surface area contributed by atoms with Crippen LogP contribution in [-0.4, -0.2) is 5.97 Å². The maximum Gasteiger partial charge on any atom is 0.0736 e. The van der Waals surface area contributed by atoms with Crippen molar-refractivity contribution in [3.8, 4) is 0 Å². The van der Waals surface area contributed by atoms with Crippen LogP contribution in [0.3, 0.4) is 0 Å². The SMILES string of the molecule is O=C([O-])c1ccccc1NCc1ccc(Cl)cc1. The van der Waals surface area contributed by atoms with Crippen LogP contribution in [0.2, 0.25) is 5.02 Å². The maximum atomic E-state index is 10.9. The van der Waals surface area contributed by atoms with Gasteiger partial charge in [0, 0.05) is 22.8 Å². The second-order valence-electron chi connectivity index (χ2n) is 3.81. The van der Waals surface area contributed by atoms with Gasteiger partial charge in [-0.1, -0.05) is 41.9 Å². The molecule has 2 aromatic carbocycles. The maximum absolute atomic E-state index is 10.9. The molecule has 0 radical (unpaired) electrons. The van der Waals surface area contributed by atoms with Gasteiger partial charge >= 0.3 is 0 Å². The number of hydrogen-bond donors (Lipinski definition) is 1. The minimum atomic E-state index is -1.19. The lowest BCUT2D eigenvalue weighted by atomic mass is 10.1. The molecule has 0 aromatic heterocycles. The minimum Gasteiger partial charge on any atom is -0.545 e. The number of carbonyl (C=O) groups is 1. The molecule has 0 aliphatic rings. The van der Waals surface area contributed by atoms with Crippen LogP contribution in [0.15, 0.2) is 48.5 Å². The first-order valence-corrected chi connectivity index (χ1v) is 5.83. The summed E-state index contributed by atoms with van der Waals surface area (Å²) in [6, 6.07) is 14.0. The van der Waals surface area contributed by atoms with Gasteiger partial charge in [-0.2, -0.15) is 0 Å². The Labute approximate surface area is 110 Å². The van der Waals surface area contributed by atoms with Gasteiger partial charge in [0.25, 0.3) is 0 Å². The highest BCUT2D eigenvalue weighted by atomic mass is 35.5. The van der Waals surface area contributed by atoms with Crippen molar-refractivity contribution in [3.05, 3.63) is 64.7 Å². The molecule has 2 aromatic rings. The molecule has 0 unspecified atom stereocenters. The van der Waals surface area contributed by atoms with E-state index in [0.717, 1.165) is 5.56 Å². The second kappa shape index (κ2) is 5.56. The molecule has 0 aliphatic heterocycles. The Bertz CT molecular complexity index is 552. The van der Waals surface area contributed by atoms with Gasteiger partial charge < -0.3 is 15.2 Å². The topological polar surface area (TPSA) is 52.2 Å². The number of aromatic carboxylic acids is 1. The summed E-state index contributed by atoms with van der Waals surface area (Å²) in [5.74, 6) is -1.19. The van der Waals surface area contributed by atoms with Crippen LogP contribution >= 0.6 is 11.6 Å². The summed E-state index contributed by atoms with van der Waals surface area (Å²) in [4.78, 5) is 10.9. The average Bonchev–Trinajstić information content (AvgIpc) is 2.38. The quantitative estimate of drug-likeness (QED) is 0.918. The zero-order valence-electron chi connectivity index (χ0n) is 9.52. The van der Waals surface area contributed by atoms with Crippen molar-refractivity contribution >= 4 is 23.3 Å². The number of anilines is 1. The van der Waals surface area contributed by atoms with E-state index < -0.39 is 5.97 Å². The van der Waals surface area contributed by atoms with E-state index in [4.69, 9.17) is 11.6 Å². The summed E-state index contributed by atoms with van der Waals surface area (Å²) in [6.45, 7) is 0.529. The predicted octanol–water partition coefficient (Wildman–Crippen LogP) is 2.32. The molecular formula is C14H11ClNO2-. The summed E-state index contributed by atoms with van der Waals surface area (Å²) in [5.41, 5.74) is 1.73. The van der Waals surface area contributed by atoms with E-state index in [-0.39, 0.29) is 5.56 Å². The molecule has 0 saturated carbocycles. The average molecular weight is 261 g/mol. The van der Waals surface area contributed by atoms with Crippen molar-refractivity contribution in [1.82, 2.24) is 0 Å². The van der Waals surface area contributed by atoms with Gasteiger partial charge in [0.15, 0.2) is 0 Å². The highest BCUT2D eigenvalue weighted by molar-refractivity contribution is 6.30. The van der Waals surface area contributed by atoms with Crippen LogP contribution in [0.5, 0.6) is 0 Å². The van der Waals surface area contributed by atoms with Gasteiger partial charge in [-0.3, -0.25) is 0 Å². The smallest absolute Gasteiger partial charge is 0.0736 e. The molecular weight excluding hydrogens is 250 g/mol. The van der Waals surface area contributed by atoms with Gasteiger partial charge in [-0.05, 0) is 23.8 Å². The largest absolute Gasteiger partial charge is 0.545 e.